The van der Waals surface area contributed by atoms with Gasteiger partial charge in [-0.2, -0.15) is 0 Å². The van der Waals surface area contributed by atoms with Crippen molar-refractivity contribution < 1.29 is 9.53 Å². The summed E-state index contributed by atoms with van der Waals surface area (Å²) in [6.07, 6.45) is 3.33. The van der Waals surface area contributed by atoms with Crippen LogP contribution in [0, 0.1) is 11.3 Å². The molecule has 0 aromatic heterocycles. The van der Waals surface area contributed by atoms with Gasteiger partial charge in [0, 0.05) is 6.54 Å². The first-order valence-corrected chi connectivity index (χ1v) is 8.28. The number of hydrogen-bond donors (Lipinski definition) is 1. The lowest BCUT2D eigenvalue weighted by Crippen LogP contribution is -2.52. The second-order valence-corrected chi connectivity index (χ2v) is 7.59. The van der Waals surface area contributed by atoms with E-state index < -0.39 is 5.54 Å². The lowest BCUT2D eigenvalue weighted by Gasteiger charge is -2.39. The van der Waals surface area contributed by atoms with Gasteiger partial charge in [-0.15, -0.1) is 0 Å². The van der Waals surface area contributed by atoms with E-state index in [1.54, 1.807) is 0 Å². The average molecular weight is 298 g/mol. The maximum Gasteiger partial charge on any atom is 0.325 e. The number of rotatable bonds is 6. The normalized spacial score (nSPS) is 21.0. The van der Waals surface area contributed by atoms with E-state index in [1.807, 2.05) is 13.8 Å². The first-order valence-electron chi connectivity index (χ1n) is 8.28. The summed E-state index contributed by atoms with van der Waals surface area (Å²) in [6.45, 7) is 15.0. The van der Waals surface area contributed by atoms with Crippen LogP contribution >= 0.6 is 0 Å². The lowest BCUT2D eigenvalue weighted by molar-refractivity contribution is -0.148. The third kappa shape index (κ3) is 5.26. The molecule has 1 rings (SSSR count). The molecule has 4 nitrogen and oxygen atoms in total. The molecule has 0 spiro atoms. The summed E-state index contributed by atoms with van der Waals surface area (Å²) in [4.78, 5) is 14.5. The fraction of sp³-hybridized carbons (Fsp3) is 0.941. The van der Waals surface area contributed by atoms with E-state index in [-0.39, 0.29) is 5.97 Å². The molecule has 0 aromatic carbocycles. The van der Waals surface area contributed by atoms with Crippen molar-refractivity contribution in [2.75, 3.05) is 33.3 Å². The summed E-state index contributed by atoms with van der Waals surface area (Å²) in [7, 11) is 1.47. The van der Waals surface area contributed by atoms with Gasteiger partial charge >= 0.3 is 5.97 Å². The minimum Gasteiger partial charge on any atom is -0.468 e. The van der Waals surface area contributed by atoms with Crippen LogP contribution < -0.4 is 5.32 Å². The van der Waals surface area contributed by atoms with E-state index in [2.05, 4.69) is 31.0 Å². The summed E-state index contributed by atoms with van der Waals surface area (Å²) in [6, 6.07) is 0. The molecule has 0 amide bonds. The number of piperidine rings is 1. The smallest absolute Gasteiger partial charge is 0.325 e. The molecule has 1 N–H and O–H groups in total. The third-order valence-electron chi connectivity index (χ3n) is 4.94. The van der Waals surface area contributed by atoms with Gasteiger partial charge in [-0.05, 0) is 57.2 Å². The fourth-order valence-corrected chi connectivity index (χ4v) is 3.28. The molecule has 0 radical (unpaired) electrons. The van der Waals surface area contributed by atoms with Gasteiger partial charge in [0.1, 0.15) is 5.54 Å². The molecule has 0 saturated carbocycles. The van der Waals surface area contributed by atoms with E-state index in [0.717, 1.165) is 38.5 Å². The molecule has 4 heteroatoms. The first-order chi connectivity index (χ1) is 9.73. The van der Waals surface area contributed by atoms with Gasteiger partial charge in [-0.1, -0.05) is 27.7 Å². The van der Waals surface area contributed by atoms with Crippen molar-refractivity contribution >= 4 is 5.97 Å². The van der Waals surface area contributed by atoms with Crippen molar-refractivity contribution in [1.82, 2.24) is 10.2 Å². The van der Waals surface area contributed by atoms with Gasteiger partial charge in [-0.25, -0.2) is 0 Å². The summed E-state index contributed by atoms with van der Waals surface area (Å²) in [5.74, 6) is 0.656. The summed E-state index contributed by atoms with van der Waals surface area (Å²) in [5, 5.41) is 3.28. The van der Waals surface area contributed by atoms with Crippen molar-refractivity contribution in [3.8, 4) is 0 Å². The molecular weight excluding hydrogens is 264 g/mol. The Labute approximate surface area is 130 Å². The zero-order valence-corrected chi connectivity index (χ0v) is 14.8. The van der Waals surface area contributed by atoms with E-state index in [1.165, 1.54) is 20.0 Å². The molecular formula is C17H34N2O2. The highest BCUT2D eigenvalue weighted by Gasteiger charge is 2.34. The van der Waals surface area contributed by atoms with Crippen molar-refractivity contribution in [2.24, 2.45) is 11.3 Å². The average Bonchev–Trinajstić information content (AvgIpc) is 2.44. The van der Waals surface area contributed by atoms with Crippen LogP contribution in [0.2, 0.25) is 0 Å². The Kier molecular flexibility index (Phi) is 6.67. The van der Waals surface area contributed by atoms with Crippen LogP contribution in [0.15, 0.2) is 0 Å². The maximum atomic E-state index is 12.0. The van der Waals surface area contributed by atoms with E-state index in [0.29, 0.717) is 5.41 Å². The molecule has 1 heterocycles. The number of likely N-dealkylation sites (tertiary alicyclic amines) is 1. The topological polar surface area (TPSA) is 41.6 Å². The Morgan fingerprint density at radius 3 is 2.24 bits per heavy atom. The largest absolute Gasteiger partial charge is 0.468 e. The molecule has 124 valence electrons. The third-order valence-corrected chi connectivity index (χ3v) is 4.94. The summed E-state index contributed by atoms with van der Waals surface area (Å²) in [5.41, 5.74) is -0.152. The quantitative estimate of drug-likeness (QED) is 0.766. The van der Waals surface area contributed by atoms with Gasteiger partial charge in [0.05, 0.1) is 7.11 Å². The van der Waals surface area contributed by atoms with Gasteiger partial charge in [0.25, 0.3) is 0 Å². The molecule has 0 aliphatic carbocycles. The highest BCUT2D eigenvalue weighted by atomic mass is 16.5. The number of nitrogens with zero attached hydrogens (tertiary/aromatic N) is 1. The highest BCUT2D eigenvalue weighted by molar-refractivity contribution is 5.80. The van der Waals surface area contributed by atoms with E-state index in [9.17, 15) is 4.79 Å². The molecule has 1 aliphatic rings. The zero-order chi connectivity index (χ0) is 16.1. The van der Waals surface area contributed by atoms with Crippen LogP contribution in [0.3, 0.4) is 0 Å². The van der Waals surface area contributed by atoms with Crippen molar-refractivity contribution in [3.63, 3.8) is 0 Å². The number of carbonyl (C=O) groups excluding carboxylic acids is 1. The number of hydrogen-bond acceptors (Lipinski definition) is 4. The second-order valence-electron chi connectivity index (χ2n) is 7.59. The molecule has 1 fully saturated rings. The highest BCUT2D eigenvalue weighted by Crippen LogP contribution is 2.34. The first kappa shape index (κ1) is 18.4. The molecule has 0 aromatic rings. The number of likely N-dealkylation sites (N-methyl/N-ethyl adjacent to an activating group) is 1. The second kappa shape index (κ2) is 7.59. The molecule has 1 saturated heterocycles. The van der Waals surface area contributed by atoms with Crippen LogP contribution in [0.1, 0.15) is 53.9 Å². The predicted octanol–water partition coefficient (Wildman–Crippen LogP) is 2.68. The number of nitrogens with one attached hydrogen (secondary N) is 1. The maximum absolute atomic E-state index is 12.0. The Bertz CT molecular complexity index is 330. The van der Waals surface area contributed by atoms with Crippen molar-refractivity contribution in [1.29, 1.82) is 0 Å². The fourth-order valence-electron chi connectivity index (χ4n) is 3.28. The van der Waals surface area contributed by atoms with Gasteiger partial charge in [0.15, 0.2) is 0 Å². The Morgan fingerprint density at radius 2 is 1.81 bits per heavy atom. The zero-order valence-electron chi connectivity index (χ0n) is 14.8. The number of ether oxygens (including phenoxy) is 1. The SMILES string of the molecule is CCNC(C)(CCN1CCC(C(C)(C)C)CC1)C(=O)OC. The van der Waals surface area contributed by atoms with Crippen LogP contribution in [0.5, 0.6) is 0 Å². The summed E-state index contributed by atoms with van der Waals surface area (Å²) < 4.78 is 4.95. The molecule has 0 bridgehead atoms. The minimum atomic E-state index is -0.565. The minimum absolute atomic E-state index is 0.158. The van der Waals surface area contributed by atoms with Gasteiger partial charge < -0.3 is 15.0 Å². The Hall–Kier alpha value is -0.610. The molecule has 1 unspecified atom stereocenters. The monoisotopic (exact) mass is 298 g/mol. The molecule has 1 aliphatic heterocycles. The van der Waals surface area contributed by atoms with Crippen LogP contribution in [-0.4, -0.2) is 49.7 Å². The van der Waals surface area contributed by atoms with Crippen LogP contribution in [0.4, 0.5) is 0 Å². The number of esters is 1. The predicted molar refractivity (Wildman–Crippen MR) is 87.3 cm³/mol. The Balaban J connectivity index is 2.46. The van der Waals surface area contributed by atoms with Crippen LogP contribution in [0.25, 0.3) is 0 Å². The number of carbonyl (C=O) groups is 1. The Morgan fingerprint density at radius 1 is 1.24 bits per heavy atom. The molecule has 1 atom stereocenters. The number of methoxy groups -OCH3 is 1. The molecule has 21 heavy (non-hydrogen) atoms. The van der Waals surface area contributed by atoms with Gasteiger partial charge in [0.2, 0.25) is 0 Å². The van der Waals surface area contributed by atoms with Crippen LogP contribution in [-0.2, 0) is 9.53 Å². The standard InChI is InChI=1S/C17H34N2O2/c1-7-18-17(5,15(20)21-6)10-13-19-11-8-14(9-12-19)16(2,3)4/h14,18H,7-13H2,1-6H3. The summed E-state index contributed by atoms with van der Waals surface area (Å²) >= 11 is 0. The van der Waals surface area contributed by atoms with E-state index in [4.69, 9.17) is 4.74 Å². The van der Waals surface area contributed by atoms with Crippen molar-refractivity contribution in [2.45, 2.75) is 59.4 Å². The van der Waals surface area contributed by atoms with Gasteiger partial charge in [-0.3, -0.25) is 4.79 Å². The lowest BCUT2D eigenvalue weighted by atomic mass is 9.75. The van der Waals surface area contributed by atoms with Crippen molar-refractivity contribution in [3.05, 3.63) is 0 Å². The van der Waals surface area contributed by atoms with E-state index >= 15 is 0 Å².